The van der Waals surface area contributed by atoms with Crippen LogP contribution in [0.15, 0.2) is 42.5 Å². The van der Waals surface area contributed by atoms with Crippen LogP contribution in [0.25, 0.3) is 0 Å². The van der Waals surface area contributed by atoms with Gasteiger partial charge in [-0.25, -0.2) is 8.78 Å². The first-order valence-corrected chi connectivity index (χ1v) is 10.9. The Balaban J connectivity index is 1.44. The Hall–Kier alpha value is -2.22. The van der Waals surface area contributed by atoms with E-state index < -0.39 is 23.8 Å². The van der Waals surface area contributed by atoms with Gasteiger partial charge in [0.2, 0.25) is 6.10 Å². The van der Waals surface area contributed by atoms with Crippen molar-refractivity contribution in [2.75, 3.05) is 39.4 Å². The molecular formula is C23H25ClF2N2O3. The Morgan fingerprint density at radius 2 is 1.84 bits per heavy atom. The lowest BCUT2D eigenvalue weighted by Gasteiger charge is -2.47. The summed E-state index contributed by atoms with van der Waals surface area (Å²) in [5, 5.41) is 0.470. The van der Waals surface area contributed by atoms with Crippen molar-refractivity contribution in [3.63, 3.8) is 0 Å². The lowest BCUT2D eigenvalue weighted by molar-refractivity contribution is -0.164. The Morgan fingerprint density at radius 3 is 2.61 bits per heavy atom. The van der Waals surface area contributed by atoms with Crippen LogP contribution in [0.2, 0.25) is 5.02 Å². The van der Waals surface area contributed by atoms with Crippen molar-refractivity contribution in [3.05, 3.63) is 64.7 Å². The van der Waals surface area contributed by atoms with E-state index in [1.807, 2.05) is 0 Å². The molecule has 2 aromatic rings. The summed E-state index contributed by atoms with van der Waals surface area (Å²) in [6.07, 6.45) is 0.747. The average Bonchev–Trinajstić information content (AvgIpc) is 2.77. The summed E-state index contributed by atoms with van der Waals surface area (Å²) in [4.78, 5) is 16.8. The molecule has 0 saturated carbocycles. The fourth-order valence-corrected chi connectivity index (χ4v) is 4.26. The van der Waals surface area contributed by atoms with Crippen LogP contribution in [-0.2, 0) is 9.53 Å². The number of amides is 1. The lowest BCUT2D eigenvalue weighted by Crippen LogP contribution is -2.61. The predicted octanol–water partition coefficient (Wildman–Crippen LogP) is 4.06. The summed E-state index contributed by atoms with van der Waals surface area (Å²) in [6, 6.07) is 9.29. The molecule has 0 N–H and O–H groups in total. The van der Waals surface area contributed by atoms with Gasteiger partial charge < -0.3 is 14.4 Å². The summed E-state index contributed by atoms with van der Waals surface area (Å²) in [5.74, 6) is -0.930. The zero-order chi connectivity index (χ0) is 21.8. The maximum Gasteiger partial charge on any atom is 0.266 e. The molecule has 0 bridgehead atoms. The molecule has 166 valence electrons. The fourth-order valence-electron chi connectivity index (χ4n) is 4.08. The molecule has 4 rings (SSSR count). The van der Waals surface area contributed by atoms with Crippen LogP contribution in [0.1, 0.15) is 24.4 Å². The molecular weight excluding hydrogens is 426 g/mol. The number of morpholine rings is 1. The molecule has 2 heterocycles. The standard InChI is InChI=1S/C23H25ClF2N2O3/c24-16-4-3-5-18(14-16)31-22-21(19-15-17(25)6-7-20(19)26)28(23(22)29)9-2-1-8-27-10-12-30-13-11-27/h3-7,14-15,21-22H,1-2,8-13H2/t21-,22+/m0/s1. The van der Waals surface area contributed by atoms with E-state index >= 15 is 0 Å². The number of ether oxygens (including phenoxy) is 2. The first-order valence-electron chi connectivity index (χ1n) is 10.5. The summed E-state index contributed by atoms with van der Waals surface area (Å²) in [5.41, 5.74) is 0.125. The molecule has 0 spiro atoms. The normalized spacial score (nSPS) is 21.8. The molecule has 0 aromatic heterocycles. The number of carbonyl (C=O) groups is 1. The molecule has 0 radical (unpaired) electrons. The van der Waals surface area contributed by atoms with Crippen LogP contribution in [0, 0.1) is 11.6 Å². The topological polar surface area (TPSA) is 42.0 Å². The van der Waals surface area contributed by atoms with Gasteiger partial charge in [0.15, 0.2) is 0 Å². The Kier molecular flexibility index (Phi) is 7.05. The van der Waals surface area contributed by atoms with E-state index in [9.17, 15) is 13.6 Å². The van der Waals surface area contributed by atoms with E-state index in [-0.39, 0.29) is 11.5 Å². The second-order valence-electron chi connectivity index (χ2n) is 7.80. The van der Waals surface area contributed by atoms with Crippen LogP contribution in [0.3, 0.4) is 0 Å². The van der Waals surface area contributed by atoms with Gasteiger partial charge in [0.25, 0.3) is 5.91 Å². The Labute approximate surface area is 185 Å². The van der Waals surface area contributed by atoms with Crippen LogP contribution >= 0.6 is 11.6 Å². The number of hydrogen-bond donors (Lipinski definition) is 0. The Bertz CT molecular complexity index is 923. The van der Waals surface area contributed by atoms with Gasteiger partial charge in [0, 0.05) is 30.2 Å². The van der Waals surface area contributed by atoms with Crippen molar-refractivity contribution in [3.8, 4) is 5.75 Å². The van der Waals surface area contributed by atoms with Gasteiger partial charge >= 0.3 is 0 Å². The first kappa shape index (κ1) is 22.0. The third-order valence-corrected chi connectivity index (χ3v) is 5.95. The number of benzene rings is 2. The second-order valence-corrected chi connectivity index (χ2v) is 8.24. The van der Waals surface area contributed by atoms with Gasteiger partial charge in [0.1, 0.15) is 23.4 Å². The van der Waals surface area contributed by atoms with E-state index in [1.54, 1.807) is 29.2 Å². The minimum Gasteiger partial charge on any atom is -0.478 e. The third-order valence-electron chi connectivity index (χ3n) is 5.71. The van der Waals surface area contributed by atoms with Gasteiger partial charge in [-0.1, -0.05) is 17.7 Å². The van der Waals surface area contributed by atoms with E-state index in [1.165, 1.54) is 0 Å². The predicted molar refractivity (Wildman–Crippen MR) is 113 cm³/mol. The fraction of sp³-hybridized carbons (Fsp3) is 0.435. The highest BCUT2D eigenvalue weighted by Crippen LogP contribution is 2.39. The first-order chi connectivity index (χ1) is 15.0. The Morgan fingerprint density at radius 1 is 1.06 bits per heavy atom. The molecule has 2 aliphatic heterocycles. The van der Waals surface area contributed by atoms with Gasteiger partial charge in [-0.15, -0.1) is 0 Å². The highest BCUT2D eigenvalue weighted by Gasteiger charge is 2.50. The number of carbonyl (C=O) groups excluding carboxylic acids is 1. The molecule has 31 heavy (non-hydrogen) atoms. The number of hydrogen-bond acceptors (Lipinski definition) is 4. The van der Waals surface area contributed by atoms with Gasteiger partial charge in [0.05, 0.1) is 13.2 Å². The smallest absolute Gasteiger partial charge is 0.266 e. The molecule has 1 amide bonds. The molecule has 2 aliphatic rings. The second kappa shape index (κ2) is 9.94. The van der Waals surface area contributed by atoms with Gasteiger partial charge in [-0.2, -0.15) is 0 Å². The zero-order valence-corrected chi connectivity index (χ0v) is 17.9. The molecule has 0 aliphatic carbocycles. The number of halogens is 3. The van der Waals surface area contributed by atoms with Crippen LogP contribution in [-0.4, -0.2) is 61.2 Å². The summed E-state index contributed by atoms with van der Waals surface area (Å²) in [6.45, 7) is 4.69. The van der Waals surface area contributed by atoms with Crippen LogP contribution in [0.4, 0.5) is 8.78 Å². The van der Waals surface area contributed by atoms with E-state index in [4.69, 9.17) is 21.1 Å². The van der Waals surface area contributed by atoms with Gasteiger partial charge in [-0.3, -0.25) is 9.69 Å². The van der Waals surface area contributed by atoms with Crippen LogP contribution < -0.4 is 4.74 Å². The molecule has 8 heteroatoms. The number of unbranched alkanes of at least 4 members (excludes halogenated alkanes) is 1. The van der Waals surface area contributed by atoms with E-state index in [2.05, 4.69) is 4.90 Å². The third kappa shape index (κ3) is 5.17. The number of likely N-dealkylation sites (tertiary alicyclic amines) is 1. The van der Waals surface area contributed by atoms with E-state index in [0.29, 0.717) is 17.3 Å². The number of nitrogens with zero attached hydrogens (tertiary/aromatic N) is 2. The quantitative estimate of drug-likeness (QED) is 0.449. The molecule has 2 atom stereocenters. The zero-order valence-electron chi connectivity index (χ0n) is 17.1. The van der Waals surface area contributed by atoms with Crippen molar-refractivity contribution in [2.24, 2.45) is 0 Å². The maximum absolute atomic E-state index is 14.5. The van der Waals surface area contributed by atoms with E-state index in [0.717, 1.165) is 63.9 Å². The highest BCUT2D eigenvalue weighted by molar-refractivity contribution is 6.30. The highest BCUT2D eigenvalue weighted by atomic mass is 35.5. The van der Waals surface area contributed by atoms with Crippen LogP contribution in [0.5, 0.6) is 5.75 Å². The summed E-state index contributed by atoms with van der Waals surface area (Å²) in [7, 11) is 0. The summed E-state index contributed by atoms with van der Waals surface area (Å²) < 4.78 is 39.6. The maximum atomic E-state index is 14.5. The molecule has 5 nitrogen and oxygen atoms in total. The van der Waals surface area contributed by atoms with Crippen molar-refractivity contribution < 1.29 is 23.0 Å². The van der Waals surface area contributed by atoms with Crippen molar-refractivity contribution in [1.82, 2.24) is 9.80 Å². The van der Waals surface area contributed by atoms with Gasteiger partial charge in [-0.05, 0) is 55.8 Å². The molecule has 2 aromatic carbocycles. The molecule has 2 fully saturated rings. The minimum absolute atomic E-state index is 0.125. The monoisotopic (exact) mass is 450 g/mol. The SMILES string of the molecule is O=C1[C@H](Oc2cccc(Cl)c2)[C@H](c2cc(F)ccc2F)N1CCCCN1CCOCC1. The lowest BCUT2D eigenvalue weighted by atomic mass is 9.89. The molecule has 2 saturated heterocycles. The van der Waals surface area contributed by atoms with Crippen molar-refractivity contribution in [2.45, 2.75) is 25.0 Å². The molecule has 0 unspecified atom stereocenters. The average molecular weight is 451 g/mol. The number of rotatable bonds is 8. The largest absolute Gasteiger partial charge is 0.478 e. The van der Waals surface area contributed by atoms with Crippen molar-refractivity contribution in [1.29, 1.82) is 0 Å². The summed E-state index contributed by atoms with van der Waals surface area (Å²) >= 11 is 6.01. The van der Waals surface area contributed by atoms with Crippen molar-refractivity contribution >= 4 is 17.5 Å². The number of β-lactam (4-membered cyclic amide) rings is 1. The minimum atomic E-state index is -0.922.